The molecule has 0 unspecified atom stereocenters. The van der Waals surface area contributed by atoms with E-state index in [0.717, 1.165) is 12.8 Å². The van der Waals surface area contributed by atoms with Gasteiger partial charge in [0.2, 0.25) is 5.91 Å². The van der Waals surface area contributed by atoms with Gasteiger partial charge in [0.05, 0.1) is 17.9 Å². The van der Waals surface area contributed by atoms with Crippen LogP contribution in [0.3, 0.4) is 0 Å². The summed E-state index contributed by atoms with van der Waals surface area (Å²) < 4.78 is 1.99. The number of rotatable bonds is 6. The van der Waals surface area contributed by atoms with Gasteiger partial charge in [0.25, 0.3) is 5.56 Å². The van der Waals surface area contributed by atoms with E-state index in [1.54, 1.807) is 0 Å². The highest BCUT2D eigenvalue weighted by molar-refractivity contribution is 7.17. The van der Waals surface area contributed by atoms with Crippen molar-refractivity contribution in [2.45, 2.75) is 44.8 Å². The van der Waals surface area contributed by atoms with Gasteiger partial charge in [-0.15, -0.1) is 24.5 Å². The summed E-state index contributed by atoms with van der Waals surface area (Å²) in [6.45, 7) is 9.73. The molecule has 2 aromatic heterocycles. The monoisotopic (exact) mass is 369 g/mol. The van der Waals surface area contributed by atoms with E-state index in [4.69, 9.17) is 0 Å². The summed E-state index contributed by atoms with van der Waals surface area (Å²) in [5.41, 5.74) is 1.78. The summed E-state index contributed by atoms with van der Waals surface area (Å²) in [7, 11) is 0. The van der Waals surface area contributed by atoms with Crippen molar-refractivity contribution in [3.63, 3.8) is 0 Å². The Kier molecular flexibility index (Phi) is 5.52. The van der Waals surface area contributed by atoms with Crippen LogP contribution in [0.25, 0.3) is 10.2 Å². The Morgan fingerprint density at radius 3 is 2.88 bits per heavy atom. The SMILES string of the molecule is C=CC[C@H]1CC(C)=C[C@H](CC=C)N1C(=O)Cn1cnc2ccsc2c1=O. The van der Waals surface area contributed by atoms with E-state index >= 15 is 0 Å². The number of carbonyl (C=O) groups excluding carboxylic acids is 1. The van der Waals surface area contributed by atoms with Crippen molar-refractivity contribution in [1.29, 1.82) is 0 Å². The Bertz CT molecular complexity index is 925. The molecule has 0 fully saturated rings. The molecule has 0 aromatic carbocycles. The lowest BCUT2D eigenvalue weighted by atomic mass is 9.92. The average Bonchev–Trinajstić information content (AvgIpc) is 3.07. The van der Waals surface area contributed by atoms with Crippen LogP contribution in [-0.2, 0) is 11.3 Å². The van der Waals surface area contributed by atoms with Crippen LogP contribution in [-0.4, -0.2) is 32.4 Å². The summed E-state index contributed by atoms with van der Waals surface area (Å²) in [6.07, 6.45) is 9.50. The third-order valence-electron chi connectivity index (χ3n) is 4.66. The lowest BCUT2D eigenvalue weighted by molar-refractivity contribution is -0.136. The van der Waals surface area contributed by atoms with Crippen LogP contribution in [0, 0.1) is 0 Å². The van der Waals surface area contributed by atoms with Gasteiger partial charge in [-0.1, -0.05) is 23.8 Å². The first-order valence-corrected chi connectivity index (χ1v) is 9.56. The molecule has 5 nitrogen and oxygen atoms in total. The number of carbonyl (C=O) groups is 1. The molecule has 0 aliphatic carbocycles. The minimum Gasteiger partial charge on any atom is -0.331 e. The van der Waals surface area contributed by atoms with Gasteiger partial charge in [-0.3, -0.25) is 14.2 Å². The first-order chi connectivity index (χ1) is 12.5. The molecule has 2 atom stereocenters. The molecule has 6 heteroatoms. The van der Waals surface area contributed by atoms with E-state index in [2.05, 4.69) is 31.1 Å². The van der Waals surface area contributed by atoms with Gasteiger partial charge < -0.3 is 4.90 Å². The highest BCUT2D eigenvalue weighted by Gasteiger charge is 2.32. The molecule has 26 heavy (non-hydrogen) atoms. The third kappa shape index (κ3) is 3.55. The van der Waals surface area contributed by atoms with E-state index in [9.17, 15) is 9.59 Å². The van der Waals surface area contributed by atoms with E-state index in [1.165, 1.54) is 27.8 Å². The first-order valence-electron chi connectivity index (χ1n) is 8.68. The standard InChI is InChI=1S/C20H23N3O2S/c1-4-6-15-10-14(3)11-16(7-5-2)23(15)18(24)12-22-13-21-17-8-9-26-19(17)20(22)25/h4-5,8-10,13,15-16H,1-2,6-7,11-12H2,3H3/t15-,16-/m0/s1. The number of nitrogens with zero attached hydrogens (tertiary/aromatic N) is 3. The average molecular weight is 369 g/mol. The van der Waals surface area contributed by atoms with Gasteiger partial charge in [0, 0.05) is 6.04 Å². The van der Waals surface area contributed by atoms with Crippen LogP contribution in [0.2, 0.25) is 0 Å². The molecule has 3 rings (SSSR count). The van der Waals surface area contributed by atoms with Crippen molar-refractivity contribution in [3.05, 3.63) is 65.1 Å². The molecule has 2 aromatic rings. The molecular formula is C20H23N3O2S. The zero-order valence-corrected chi connectivity index (χ0v) is 15.7. The van der Waals surface area contributed by atoms with Crippen molar-refractivity contribution in [3.8, 4) is 0 Å². The van der Waals surface area contributed by atoms with Crippen molar-refractivity contribution in [1.82, 2.24) is 14.5 Å². The summed E-state index contributed by atoms with van der Waals surface area (Å²) in [6, 6.07) is 1.84. The zero-order valence-electron chi connectivity index (χ0n) is 14.9. The molecule has 0 spiro atoms. The second-order valence-electron chi connectivity index (χ2n) is 6.60. The molecule has 0 N–H and O–H groups in total. The van der Waals surface area contributed by atoms with Crippen molar-refractivity contribution < 1.29 is 4.79 Å². The Morgan fingerprint density at radius 2 is 2.15 bits per heavy atom. The quantitative estimate of drug-likeness (QED) is 0.732. The van der Waals surface area contributed by atoms with Crippen LogP contribution >= 0.6 is 11.3 Å². The Balaban J connectivity index is 1.91. The second kappa shape index (κ2) is 7.83. The van der Waals surface area contributed by atoms with Gasteiger partial charge in [-0.2, -0.15) is 0 Å². The van der Waals surface area contributed by atoms with Crippen molar-refractivity contribution >= 4 is 27.5 Å². The van der Waals surface area contributed by atoms with Crippen LogP contribution in [0.1, 0.15) is 26.2 Å². The van der Waals surface area contributed by atoms with E-state index < -0.39 is 0 Å². The van der Waals surface area contributed by atoms with Gasteiger partial charge in [0.1, 0.15) is 11.2 Å². The number of aromatic nitrogens is 2. The maximum atomic E-state index is 13.1. The highest BCUT2D eigenvalue weighted by Crippen LogP contribution is 2.27. The maximum absolute atomic E-state index is 13.1. The number of hydrogen-bond donors (Lipinski definition) is 0. The minimum atomic E-state index is -0.164. The van der Waals surface area contributed by atoms with Crippen molar-refractivity contribution in [2.75, 3.05) is 0 Å². The molecule has 0 saturated heterocycles. The number of amides is 1. The normalized spacial score (nSPS) is 20.0. The van der Waals surface area contributed by atoms with E-state index in [1.807, 2.05) is 28.5 Å². The van der Waals surface area contributed by atoms with Crippen molar-refractivity contribution in [2.24, 2.45) is 0 Å². The fourth-order valence-electron chi connectivity index (χ4n) is 3.57. The topological polar surface area (TPSA) is 55.2 Å². The number of hydrogen-bond acceptors (Lipinski definition) is 4. The Hall–Kier alpha value is -2.47. The predicted molar refractivity (Wildman–Crippen MR) is 106 cm³/mol. The fourth-order valence-corrected chi connectivity index (χ4v) is 4.36. The van der Waals surface area contributed by atoms with E-state index in [0.29, 0.717) is 16.6 Å². The van der Waals surface area contributed by atoms with Crippen LogP contribution in [0.5, 0.6) is 0 Å². The molecular weight excluding hydrogens is 346 g/mol. The molecule has 0 saturated carbocycles. The smallest absolute Gasteiger partial charge is 0.271 e. The number of thiophene rings is 1. The third-order valence-corrected chi connectivity index (χ3v) is 5.55. The molecule has 136 valence electrons. The summed E-state index contributed by atoms with van der Waals surface area (Å²) in [5, 5.41) is 1.84. The number of fused-ring (bicyclic) bond motifs is 1. The minimum absolute atomic E-state index is 0.00610. The molecule has 1 aliphatic heterocycles. The van der Waals surface area contributed by atoms with Gasteiger partial charge in [-0.25, -0.2) is 4.98 Å². The molecule has 3 heterocycles. The first kappa shape index (κ1) is 18.3. The summed E-state index contributed by atoms with van der Waals surface area (Å²) in [5.74, 6) is -0.0766. The highest BCUT2D eigenvalue weighted by atomic mass is 32.1. The van der Waals surface area contributed by atoms with Gasteiger partial charge >= 0.3 is 0 Å². The lowest BCUT2D eigenvalue weighted by Crippen LogP contribution is -2.50. The van der Waals surface area contributed by atoms with Crippen LogP contribution in [0.15, 0.2) is 59.5 Å². The van der Waals surface area contributed by atoms with Crippen LogP contribution < -0.4 is 5.56 Å². The zero-order chi connectivity index (χ0) is 18.7. The van der Waals surface area contributed by atoms with Gasteiger partial charge in [0.15, 0.2) is 0 Å². The molecule has 0 radical (unpaired) electrons. The predicted octanol–water partition coefficient (Wildman–Crippen LogP) is 3.53. The summed E-state index contributed by atoms with van der Waals surface area (Å²) in [4.78, 5) is 31.9. The Labute approximate surface area is 157 Å². The molecule has 1 amide bonds. The molecule has 1 aliphatic rings. The lowest BCUT2D eigenvalue weighted by Gasteiger charge is -2.40. The summed E-state index contributed by atoms with van der Waals surface area (Å²) >= 11 is 1.35. The molecule has 0 bridgehead atoms. The largest absolute Gasteiger partial charge is 0.331 e. The second-order valence-corrected chi connectivity index (χ2v) is 7.52. The fraction of sp³-hybridized carbons (Fsp3) is 0.350. The Morgan fingerprint density at radius 1 is 1.38 bits per heavy atom. The van der Waals surface area contributed by atoms with E-state index in [-0.39, 0.29) is 30.1 Å². The van der Waals surface area contributed by atoms with Gasteiger partial charge in [-0.05, 0) is 37.6 Å². The maximum Gasteiger partial charge on any atom is 0.271 e. The van der Waals surface area contributed by atoms with Crippen LogP contribution in [0.4, 0.5) is 0 Å².